The van der Waals surface area contributed by atoms with Gasteiger partial charge in [0.2, 0.25) is 0 Å². The standard InChI is InChI=1S/C27H34O4/c1-7-16(3)26(29)31-25-22(20-17(4)12-15(2)13-18(20)5)24(28)21-19-8-10-27(11-9-19,14-30-6)23(21)25/h8,10,12-13,16,19,21,23H,7,9,11,14H2,1-6H3/t16?,19-,21-,23+,27+/m0/s1. The van der Waals surface area contributed by atoms with Crippen molar-refractivity contribution in [2.24, 2.45) is 29.1 Å². The zero-order valence-electron chi connectivity index (χ0n) is 19.6. The molecule has 2 bridgehead atoms. The van der Waals surface area contributed by atoms with Gasteiger partial charge >= 0.3 is 5.97 Å². The van der Waals surface area contributed by atoms with Crippen LogP contribution >= 0.6 is 0 Å². The Labute approximate surface area is 185 Å². The molecule has 1 unspecified atom stereocenters. The molecule has 0 saturated heterocycles. The highest BCUT2D eigenvalue weighted by Gasteiger charge is 2.60. The smallest absolute Gasteiger partial charge is 0.313 e. The Morgan fingerprint density at radius 2 is 1.90 bits per heavy atom. The number of esters is 1. The molecule has 31 heavy (non-hydrogen) atoms. The number of hydrogen-bond acceptors (Lipinski definition) is 4. The van der Waals surface area contributed by atoms with Crippen molar-refractivity contribution >= 4 is 17.3 Å². The Balaban J connectivity index is 1.93. The summed E-state index contributed by atoms with van der Waals surface area (Å²) < 4.78 is 11.8. The summed E-state index contributed by atoms with van der Waals surface area (Å²) in [4.78, 5) is 26.9. The topological polar surface area (TPSA) is 52.6 Å². The van der Waals surface area contributed by atoms with Crippen LogP contribution in [0.2, 0.25) is 0 Å². The second kappa shape index (κ2) is 8.05. The summed E-state index contributed by atoms with van der Waals surface area (Å²) in [5.41, 5.74) is 4.53. The number of carbonyl (C=O) groups is 2. The molecule has 5 rings (SSSR count). The summed E-state index contributed by atoms with van der Waals surface area (Å²) >= 11 is 0. The van der Waals surface area contributed by atoms with Gasteiger partial charge in [-0.05, 0) is 62.6 Å². The molecule has 0 aliphatic heterocycles. The summed E-state index contributed by atoms with van der Waals surface area (Å²) in [7, 11) is 1.71. The van der Waals surface area contributed by atoms with E-state index in [1.807, 2.05) is 27.7 Å². The van der Waals surface area contributed by atoms with Crippen molar-refractivity contribution in [1.29, 1.82) is 0 Å². The van der Waals surface area contributed by atoms with Crippen LogP contribution in [0.4, 0.5) is 0 Å². The average molecular weight is 423 g/mol. The minimum atomic E-state index is -0.302. The second-order valence-corrected chi connectivity index (χ2v) is 9.84. The normalized spacial score (nSPS) is 30.0. The van der Waals surface area contributed by atoms with Crippen LogP contribution < -0.4 is 0 Å². The lowest BCUT2D eigenvalue weighted by Crippen LogP contribution is -2.48. The molecule has 4 nitrogen and oxygen atoms in total. The lowest BCUT2D eigenvalue weighted by atomic mass is 9.55. The molecule has 0 amide bonds. The van der Waals surface area contributed by atoms with Gasteiger partial charge in [-0.15, -0.1) is 0 Å². The number of ketones is 1. The van der Waals surface area contributed by atoms with E-state index < -0.39 is 0 Å². The maximum Gasteiger partial charge on any atom is 0.313 e. The summed E-state index contributed by atoms with van der Waals surface area (Å²) in [5.74, 6) is 0.122. The van der Waals surface area contributed by atoms with Crippen molar-refractivity contribution in [3.8, 4) is 0 Å². The van der Waals surface area contributed by atoms with E-state index in [0.29, 0.717) is 24.4 Å². The lowest BCUT2D eigenvalue weighted by molar-refractivity contribution is -0.147. The quantitative estimate of drug-likeness (QED) is 0.459. The summed E-state index contributed by atoms with van der Waals surface area (Å²) in [5, 5.41) is 0. The predicted molar refractivity (Wildman–Crippen MR) is 121 cm³/mol. The fourth-order valence-electron chi connectivity index (χ4n) is 6.10. The molecule has 1 saturated carbocycles. The Morgan fingerprint density at radius 1 is 1.23 bits per heavy atom. The molecule has 0 radical (unpaired) electrons. The number of allylic oxidation sites excluding steroid dienone is 3. The minimum absolute atomic E-state index is 0.126. The van der Waals surface area contributed by atoms with Crippen LogP contribution in [-0.2, 0) is 19.1 Å². The van der Waals surface area contributed by atoms with E-state index in [2.05, 4.69) is 31.2 Å². The summed E-state index contributed by atoms with van der Waals surface area (Å²) in [6.45, 7) is 10.5. The monoisotopic (exact) mass is 422 g/mol. The molecular weight excluding hydrogens is 388 g/mol. The highest BCUT2D eigenvalue weighted by Crippen LogP contribution is 2.61. The SMILES string of the molecule is CCC(C)C(=O)OC1=C(c2c(C)cc(C)cc2C)C(=O)[C@H]2[C@H]3C=C[C@](COC)(CC3)[C@@H]12. The van der Waals surface area contributed by atoms with Gasteiger partial charge in [0.1, 0.15) is 5.76 Å². The number of rotatable bonds is 6. The number of carbonyl (C=O) groups excluding carboxylic acids is 2. The van der Waals surface area contributed by atoms with Gasteiger partial charge in [-0.1, -0.05) is 43.7 Å². The van der Waals surface area contributed by atoms with E-state index in [-0.39, 0.29) is 40.8 Å². The first-order valence-corrected chi connectivity index (χ1v) is 11.5. The molecule has 5 atom stereocenters. The number of ether oxygens (including phenoxy) is 2. The molecule has 1 aromatic rings. The number of fused-ring (bicyclic) bond motifs is 1. The molecule has 0 heterocycles. The second-order valence-electron chi connectivity index (χ2n) is 9.84. The Morgan fingerprint density at radius 3 is 2.45 bits per heavy atom. The van der Waals surface area contributed by atoms with Gasteiger partial charge in [-0.3, -0.25) is 9.59 Å². The van der Waals surface area contributed by atoms with Crippen LogP contribution in [0.1, 0.15) is 55.4 Å². The Kier molecular flexibility index (Phi) is 5.72. The number of methoxy groups -OCH3 is 1. The van der Waals surface area contributed by atoms with Crippen LogP contribution in [0.5, 0.6) is 0 Å². The first-order valence-electron chi connectivity index (χ1n) is 11.5. The zero-order valence-corrected chi connectivity index (χ0v) is 19.6. The van der Waals surface area contributed by atoms with Gasteiger partial charge < -0.3 is 9.47 Å². The molecule has 4 aliphatic carbocycles. The predicted octanol–water partition coefficient (Wildman–Crippen LogP) is 5.34. The average Bonchev–Trinajstić information content (AvgIpc) is 3.02. The summed E-state index contributed by atoms with van der Waals surface area (Å²) in [6.07, 6.45) is 7.05. The van der Waals surface area contributed by atoms with E-state index >= 15 is 0 Å². The molecule has 1 fully saturated rings. The van der Waals surface area contributed by atoms with Crippen molar-refractivity contribution in [2.45, 2.75) is 53.9 Å². The number of aryl methyl sites for hydroxylation is 3. The first-order chi connectivity index (χ1) is 14.7. The van der Waals surface area contributed by atoms with E-state index in [1.54, 1.807) is 7.11 Å². The highest BCUT2D eigenvalue weighted by molar-refractivity contribution is 6.26. The third kappa shape index (κ3) is 3.40. The fourth-order valence-corrected chi connectivity index (χ4v) is 6.10. The minimum Gasteiger partial charge on any atom is -0.430 e. The Hall–Kier alpha value is -2.20. The lowest BCUT2D eigenvalue weighted by Gasteiger charge is -2.50. The molecule has 4 heteroatoms. The van der Waals surface area contributed by atoms with Crippen molar-refractivity contribution in [3.05, 3.63) is 52.3 Å². The van der Waals surface area contributed by atoms with Crippen molar-refractivity contribution in [2.75, 3.05) is 13.7 Å². The molecule has 4 aliphatic rings. The maximum atomic E-state index is 14.0. The van der Waals surface area contributed by atoms with Crippen molar-refractivity contribution in [3.63, 3.8) is 0 Å². The van der Waals surface area contributed by atoms with Gasteiger partial charge in [0.05, 0.1) is 18.1 Å². The molecule has 0 N–H and O–H groups in total. The zero-order chi connectivity index (χ0) is 22.5. The highest BCUT2D eigenvalue weighted by atomic mass is 16.5. The Bertz CT molecular complexity index is 962. The van der Waals surface area contributed by atoms with Crippen LogP contribution in [0.25, 0.3) is 5.57 Å². The van der Waals surface area contributed by atoms with Crippen LogP contribution in [0, 0.1) is 49.9 Å². The van der Waals surface area contributed by atoms with Gasteiger partial charge in [-0.25, -0.2) is 0 Å². The summed E-state index contributed by atoms with van der Waals surface area (Å²) in [6, 6.07) is 4.22. The van der Waals surface area contributed by atoms with Crippen molar-refractivity contribution < 1.29 is 19.1 Å². The number of benzene rings is 1. The van der Waals surface area contributed by atoms with Gasteiger partial charge in [0, 0.05) is 24.4 Å². The van der Waals surface area contributed by atoms with E-state index in [9.17, 15) is 9.59 Å². The van der Waals surface area contributed by atoms with Crippen LogP contribution in [0.15, 0.2) is 30.0 Å². The third-order valence-electron chi connectivity index (χ3n) is 7.70. The van der Waals surface area contributed by atoms with E-state index in [0.717, 1.165) is 35.1 Å². The third-order valence-corrected chi connectivity index (χ3v) is 7.70. The molecule has 166 valence electrons. The largest absolute Gasteiger partial charge is 0.430 e. The van der Waals surface area contributed by atoms with E-state index in [4.69, 9.17) is 9.47 Å². The van der Waals surface area contributed by atoms with Gasteiger partial charge in [0.15, 0.2) is 5.78 Å². The first kappa shape index (κ1) is 22.0. The van der Waals surface area contributed by atoms with Crippen molar-refractivity contribution in [1.82, 2.24) is 0 Å². The fraction of sp³-hybridized carbons (Fsp3) is 0.556. The molecule has 0 aromatic heterocycles. The van der Waals surface area contributed by atoms with E-state index in [1.165, 1.54) is 0 Å². The number of Topliss-reactive ketones (excluding diaryl/α,β-unsaturated/α-hetero) is 1. The maximum absolute atomic E-state index is 14.0. The van der Waals surface area contributed by atoms with Gasteiger partial charge in [0.25, 0.3) is 0 Å². The van der Waals surface area contributed by atoms with Crippen LogP contribution in [0.3, 0.4) is 0 Å². The molecule has 0 spiro atoms. The van der Waals surface area contributed by atoms with Crippen LogP contribution in [-0.4, -0.2) is 25.5 Å². The van der Waals surface area contributed by atoms with Gasteiger partial charge in [-0.2, -0.15) is 0 Å². The molecular formula is C27H34O4. The number of hydrogen-bond donors (Lipinski definition) is 0. The molecule has 1 aromatic carbocycles.